The van der Waals surface area contributed by atoms with Crippen molar-refractivity contribution in [1.82, 2.24) is 0 Å². The Bertz CT molecular complexity index is 792. The monoisotopic (exact) mass is 492 g/mol. The van der Waals surface area contributed by atoms with Gasteiger partial charge in [0.15, 0.2) is 22.7 Å². The van der Waals surface area contributed by atoms with Crippen LogP contribution in [0.5, 0.6) is 0 Å². The van der Waals surface area contributed by atoms with Gasteiger partial charge in [0.1, 0.15) is 5.60 Å². The van der Waals surface area contributed by atoms with Crippen LogP contribution in [0, 0.1) is 23.2 Å². The molecule has 0 aromatic rings. The fourth-order valence-electron chi connectivity index (χ4n) is 5.16. The van der Waals surface area contributed by atoms with E-state index in [2.05, 4.69) is 78.3 Å². The largest absolute Gasteiger partial charge is 0.451 e. The average molecular weight is 493 g/mol. The van der Waals surface area contributed by atoms with E-state index in [9.17, 15) is 4.79 Å². The molecule has 33 heavy (non-hydrogen) atoms. The van der Waals surface area contributed by atoms with Gasteiger partial charge < -0.3 is 13.6 Å². The molecule has 6 heteroatoms. The van der Waals surface area contributed by atoms with E-state index in [4.69, 9.17) is 13.6 Å². The van der Waals surface area contributed by atoms with Gasteiger partial charge >= 0.3 is 0 Å². The number of allylic oxidation sites excluding steroid dienone is 1. The predicted molar refractivity (Wildman–Crippen MR) is 142 cm³/mol. The molecule has 0 heterocycles. The normalized spacial score (nSPS) is 27.2. The van der Waals surface area contributed by atoms with Gasteiger partial charge in [-0.1, -0.05) is 57.6 Å². The molecular formula is C27H48O4Si2. The summed E-state index contributed by atoms with van der Waals surface area (Å²) in [7, 11) is -3.56. The molecule has 0 aromatic carbocycles. The second kappa shape index (κ2) is 10.0. The highest BCUT2D eigenvalue weighted by Gasteiger charge is 2.48. The van der Waals surface area contributed by atoms with Crippen molar-refractivity contribution in [1.29, 1.82) is 0 Å². The smallest absolute Gasteiger partial charge is 0.294 e. The Kier molecular flexibility index (Phi) is 8.60. The summed E-state index contributed by atoms with van der Waals surface area (Å²) in [5.41, 5.74) is 0.883. The van der Waals surface area contributed by atoms with Gasteiger partial charge in [-0.25, -0.2) is 0 Å². The van der Waals surface area contributed by atoms with Crippen LogP contribution in [-0.4, -0.2) is 40.9 Å². The molecule has 0 bridgehead atoms. The summed E-state index contributed by atoms with van der Waals surface area (Å²) in [6.45, 7) is 25.0. The highest BCUT2D eigenvalue weighted by Crippen LogP contribution is 2.55. The van der Waals surface area contributed by atoms with Gasteiger partial charge in [-0.15, -0.1) is 0 Å². The predicted octanol–water partition coefficient (Wildman–Crippen LogP) is 7.08. The third-order valence-corrected chi connectivity index (χ3v) is 13.4. The van der Waals surface area contributed by atoms with E-state index in [1.54, 1.807) is 0 Å². The molecule has 2 aliphatic carbocycles. The maximum Gasteiger partial charge on any atom is 0.294 e. The van der Waals surface area contributed by atoms with Gasteiger partial charge in [0.25, 0.3) is 6.47 Å². The minimum atomic E-state index is -1.96. The summed E-state index contributed by atoms with van der Waals surface area (Å²) in [6, 6.07) is 0. The fraction of sp³-hybridized carbons (Fsp3) is 0.815. The van der Waals surface area contributed by atoms with Crippen LogP contribution in [0.15, 0.2) is 11.6 Å². The molecule has 1 saturated carbocycles. The van der Waals surface area contributed by atoms with Crippen molar-refractivity contribution in [2.45, 2.75) is 129 Å². The third kappa shape index (κ3) is 7.30. The lowest BCUT2D eigenvalue weighted by Gasteiger charge is -2.46. The zero-order valence-electron chi connectivity index (χ0n) is 23.1. The maximum absolute atomic E-state index is 11.3. The first kappa shape index (κ1) is 28.4. The number of rotatable bonds is 8. The van der Waals surface area contributed by atoms with Crippen LogP contribution in [0.25, 0.3) is 0 Å². The molecule has 2 rings (SSSR count). The van der Waals surface area contributed by atoms with Crippen molar-refractivity contribution in [3.63, 3.8) is 0 Å². The molecule has 1 fully saturated rings. The summed E-state index contributed by atoms with van der Waals surface area (Å²) >= 11 is 0. The number of hydrogen-bond acceptors (Lipinski definition) is 4. The number of hydrogen-bond donors (Lipinski definition) is 0. The lowest BCUT2D eigenvalue weighted by molar-refractivity contribution is -0.131. The Labute approximate surface area is 205 Å². The Hall–Kier alpha value is -0.876. The topological polar surface area (TPSA) is 44.8 Å². The quantitative estimate of drug-likeness (QED) is 0.157. The van der Waals surface area contributed by atoms with Crippen LogP contribution in [0.1, 0.15) is 73.6 Å². The number of fused-ring (bicyclic) bond motifs is 1. The molecule has 0 amide bonds. The van der Waals surface area contributed by atoms with E-state index in [0.717, 1.165) is 19.3 Å². The van der Waals surface area contributed by atoms with Crippen molar-refractivity contribution >= 4 is 23.1 Å². The lowest BCUT2D eigenvalue weighted by atomic mass is 9.64. The van der Waals surface area contributed by atoms with Gasteiger partial charge in [-0.05, 0) is 82.2 Å². The molecular weight excluding hydrogens is 444 g/mol. The van der Waals surface area contributed by atoms with E-state index in [-0.39, 0.29) is 10.5 Å². The number of carbonyl (C=O) groups excluding carboxylic acids is 1. The highest BCUT2D eigenvalue weighted by atomic mass is 28.4. The molecule has 188 valence electrons. The highest BCUT2D eigenvalue weighted by molar-refractivity contribution is 6.74. The molecule has 4 atom stereocenters. The first-order valence-electron chi connectivity index (χ1n) is 12.6. The minimum Gasteiger partial charge on any atom is -0.451 e. The minimum absolute atomic E-state index is 0.0991. The van der Waals surface area contributed by atoms with Gasteiger partial charge in [0.05, 0.1) is 0 Å². The molecule has 2 aliphatic rings. The van der Waals surface area contributed by atoms with E-state index >= 15 is 0 Å². The molecule has 0 spiro atoms. The Morgan fingerprint density at radius 2 is 1.82 bits per heavy atom. The van der Waals surface area contributed by atoms with Gasteiger partial charge in [0, 0.05) is 12.5 Å². The first-order chi connectivity index (χ1) is 14.9. The van der Waals surface area contributed by atoms with E-state index < -0.39 is 28.3 Å². The van der Waals surface area contributed by atoms with Crippen LogP contribution in [0.2, 0.25) is 37.8 Å². The van der Waals surface area contributed by atoms with Crippen molar-refractivity contribution in [3.8, 4) is 11.8 Å². The zero-order chi connectivity index (χ0) is 25.3. The van der Waals surface area contributed by atoms with Crippen LogP contribution < -0.4 is 0 Å². The molecule has 0 aliphatic heterocycles. The molecule has 0 N–H and O–H groups in total. The van der Waals surface area contributed by atoms with Gasteiger partial charge in [0.2, 0.25) is 0 Å². The van der Waals surface area contributed by atoms with Crippen LogP contribution >= 0.6 is 0 Å². The van der Waals surface area contributed by atoms with Crippen molar-refractivity contribution in [3.05, 3.63) is 11.6 Å². The number of ether oxygens (including phenoxy) is 1. The maximum atomic E-state index is 11.3. The molecule has 0 saturated heterocycles. The van der Waals surface area contributed by atoms with Crippen molar-refractivity contribution < 1.29 is 18.4 Å². The molecule has 0 radical (unpaired) electrons. The van der Waals surface area contributed by atoms with Crippen LogP contribution in [0.4, 0.5) is 0 Å². The van der Waals surface area contributed by atoms with Crippen LogP contribution in [-0.2, 0) is 18.4 Å². The second-order valence-corrected chi connectivity index (χ2v) is 22.4. The summed E-state index contributed by atoms with van der Waals surface area (Å²) in [5.74, 6) is 7.07. The summed E-state index contributed by atoms with van der Waals surface area (Å²) < 4.78 is 18.6. The third-order valence-electron chi connectivity index (χ3n) is 7.78. The second-order valence-electron chi connectivity index (χ2n) is 13.2. The van der Waals surface area contributed by atoms with Crippen molar-refractivity contribution in [2.75, 3.05) is 0 Å². The van der Waals surface area contributed by atoms with Crippen LogP contribution in [0.3, 0.4) is 0 Å². The summed E-state index contributed by atoms with van der Waals surface area (Å²) in [5, 5.41) is 0.110. The summed E-state index contributed by atoms with van der Waals surface area (Å²) in [6.07, 6.45) is 7.45. The van der Waals surface area contributed by atoms with E-state index in [1.807, 2.05) is 13.8 Å². The molecule has 1 unspecified atom stereocenters. The van der Waals surface area contributed by atoms with Gasteiger partial charge in [-0.3, -0.25) is 4.79 Å². The van der Waals surface area contributed by atoms with Crippen molar-refractivity contribution in [2.24, 2.45) is 11.3 Å². The average Bonchev–Trinajstić information content (AvgIpc) is 2.94. The first-order valence-corrected chi connectivity index (χ1v) is 18.9. The standard InChI is InChI=1S/C27H48O4Si2/c1-25(2,3)33(10,11)31-26(4,5)18-16-22(29-20-28)19-21-14-15-23-24(30-32(7,8)9)13-12-17-27(21,23)6/h14,20,22-24H,12-13,15,17,19H2,1-11H3/t22?,23-,24-,27+/m0/s1. The number of carbonyl (C=O) groups is 1. The zero-order valence-corrected chi connectivity index (χ0v) is 25.1. The molecule has 4 nitrogen and oxygen atoms in total. The summed E-state index contributed by atoms with van der Waals surface area (Å²) in [4.78, 5) is 11.3. The SMILES string of the molecule is CC(C)(C#CC(CC1=CC[C@H]2[C@@H](O[Si](C)(C)C)CCC[C@]12C)OC=O)O[Si](C)(C)C(C)(C)C. The van der Waals surface area contributed by atoms with Gasteiger partial charge in [-0.2, -0.15) is 0 Å². The lowest BCUT2D eigenvalue weighted by Crippen LogP contribution is -2.47. The van der Waals surface area contributed by atoms with E-state index in [1.165, 1.54) is 12.0 Å². The Morgan fingerprint density at radius 3 is 2.36 bits per heavy atom. The Balaban J connectivity index is 2.17. The Morgan fingerprint density at radius 1 is 1.18 bits per heavy atom. The van der Waals surface area contributed by atoms with E-state index in [0.29, 0.717) is 24.9 Å². The fourth-order valence-corrected chi connectivity index (χ4v) is 7.99. The molecule has 0 aromatic heterocycles.